The normalized spacial score (nSPS) is 9.44. The Labute approximate surface area is 120 Å². The van der Waals surface area contributed by atoms with Crippen LogP contribution in [0.2, 0.25) is 0 Å². The van der Waals surface area contributed by atoms with Crippen LogP contribution < -0.4 is 10.6 Å². The molecule has 0 saturated heterocycles. The number of rotatable bonds is 4. The molecule has 1 rings (SSSR count). The number of nitrogens with one attached hydrogen (secondary N) is 2. The summed E-state index contributed by atoms with van der Waals surface area (Å²) in [5.41, 5.74) is 1.36. The fraction of sp³-hybridized carbons (Fsp3) is 0.200. The molecule has 0 spiro atoms. The molecule has 0 fully saturated rings. The topological polar surface area (TPSA) is 76.7 Å². The van der Waals surface area contributed by atoms with E-state index in [4.69, 9.17) is 0 Å². The quantitative estimate of drug-likeness (QED) is 0.782. The lowest BCUT2D eigenvalue weighted by Crippen LogP contribution is -2.14. The van der Waals surface area contributed by atoms with Gasteiger partial charge in [0.2, 0.25) is 0 Å². The second-order valence-electron chi connectivity index (χ2n) is 2.91. The van der Waals surface area contributed by atoms with Crippen molar-refractivity contribution in [3.05, 3.63) is 24.3 Å². The predicted molar refractivity (Wildman–Crippen MR) is 74.2 cm³/mol. The van der Waals surface area contributed by atoms with Crippen molar-refractivity contribution in [3.8, 4) is 0 Å². The number of alkyl halides is 2. The van der Waals surface area contributed by atoms with E-state index in [0.29, 0.717) is 11.4 Å². The van der Waals surface area contributed by atoms with E-state index in [0.717, 1.165) is 0 Å². The van der Waals surface area contributed by atoms with Gasteiger partial charge in [-0.1, -0.05) is 0 Å². The largest absolute Gasteiger partial charge is 0.438 e. The molecule has 1 aromatic carbocycles. The number of hydrogen-bond donors (Lipinski definition) is 2. The molecule has 2 N–H and O–H groups in total. The van der Waals surface area contributed by atoms with E-state index in [-0.39, 0.29) is 11.0 Å². The number of amides is 2. The molecule has 0 saturated carbocycles. The molecule has 1 aromatic rings. The van der Waals surface area contributed by atoms with Gasteiger partial charge in [0, 0.05) is 11.4 Å². The number of carbonyl (C=O) groups is 2. The summed E-state index contributed by atoms with van der Waals surface area (Å²) >= 11 is 5.94. The fourth-order valence-corrected chi connectivity index (χ4v) is 1.46. The van der Waals surface area contributed by atoms with Crippen molar-refractivity contribution in [2.45, 2.75) is 0 Å². The molecule has 2 amide bonds. The Balaban J connectivity index is 2.52. The molecule has 0 heterocycles. The summed E-state index contributed by atoms with van der Waals surface area (Å²) < 4.78 is 9.29. The van der Waals surface area contributed by atoms with Gasteiger partial charge in [-0.15, -0.1) is 0 Å². The number of ether oxygens (including phenoxy) is 2. The molecular weight excluding hydrogens is 372 g/mol. The Morgan fingerprint density at radius 3 is 1.50 bits per heavy atom. The third-order valence-electron chi connectivity index (χ3n) is 1.75. The minimum absolute atomic E-state index is 0.122. The number of hydrogen-bond acceptors (Lipinski definition) is 4. The summed E-state index contributed by atoms with van der Waals surface area (Å²) in [5, 5.41) is 5.01. The summed E-state index contributed by atoms with van der Waals surface area (Å²) in [4.78, 5) is 22.2. The number of anilines is 2. The van der Waals surface area contributed by atoms with Crippen LogP contribution in [0.5, 0.6) is 0 Å². The molecule has 0 radical (unpaired) electrons. The summed E-state index contributed by atoms with van der Waals surface area (Å²) in [5.74, 6) is 0. The molecule has 6 nitrogen and oxygen atoms in total. The summed E-state index contributed by atoms with van der Waals surface area (Å²) in [6.07, 6.45) is -1.13. The molecule has 0 aliphatic rings. The predicted octanol–water partition coefficient (Wildman–Crippen LogP) is 3.49. The van der Waals surface area contributed by atoms with E-state index in [1.807, 2.05) is 0 Å². The molecular formula is C10H10Br2N2O4. The Kier molecular flexibility index (Phi) is 6.51. The maximum absolute atomic E-state index is 11.1. The van der Waals surface area contributed by atoms with Crippen LogP contribution in [0.4, 0.5) is 21.0 Å². The first-order chi connectivity index (χ1) is 8.65. The van der Waals surface area contributed by atoms with Crippen molar-refractivity contribution >= 4 is 55.4 Å². The van der Waals surface area contributed by atoms with Crippen LogP contribution in [0.15, 0.2) is 24.3 Å². The Bertz CT molecular complexity index is 372. The van der Waals surface area contributed by atoms with Crippen LogP contribution in [0.25, 0.3) is 0 Å². The molecule has 0 aromatic heterocycles. The SMILES string of the molecule is O=C(Nc1ccc(NC(=O)OCBr)cc1)OCBr. The molecule has 0 unspecified atom stereocenters. The highest BCUT2D eigenvalue weighted by atomic mass is 79.9. The van der Waals surface area contributed by atoms with Gasteiger partial charge in [0.1, 0.15) is 11.0 Å². The third kappa shape index (κ3) is 5.37. The first-order valence-corrected chi connectivity index (χ1v) is 6.99. The molecule has 8 heteroatoms. The number of halogens is 2. The smallest absolute Gasteiger partial charge is 0.412 e. The van der Waals surface area contributed by atoms with Crippen molar-refractivity contribution in [3.63, 3.8) is 0 Å². The second kappa shape index (κ2) is 7.93. The van der Waals surface area contributed by atoms with Crippen molar-refractivity contribution < 1.29 is 19.1 Å². The average molecular weight is 382 g/mol. The van der Waals surface area contributed by atoms with Gasteiger partial charge >= 0.3 is 12.2 Å². The first kappa shape index (κ1) is 14.8. The van der Waals surface area contributed by atoms with Gasteiger partial charge in [-0.3, -0.25) is 10.6 Å². The summed E-state index contributed by atoms with van der Waals surface area (Å²) in [6, 6.07) is 6.50. The zero-order valence-corrected chi connectivity index (χ0v) is 12.3. The Hall–Kier alpha value is -1.28. The van der Waals surface area contributed by atoms with Gasteiger partial charge in [0.15, 0.2) is 0 Å². The average Bonchev–Trinajstić information content (AvgIpc) is 2.32. The third-order valence-corrected chi connectivity index (χ3v) is 2.21. The zero-order valence-electron chi connectivity index (χ0n) is 9.11. The molecule has 0 aliphatic heterocycles. The van der Waals surface area contributed by atoms with Gasteiger partial charge in [-0.05, 0) is 56.1 Å². The van der Waals surface area contributed by atoms with Crippen molar-refractivity contribution in [2.24, 2.45) is 0 Å². The summed E-state index contributed by atoms with van der Waals surface area (Å²) in [7, 11) is 0. The van der Waals surface area contributed by atoms with Crippen molar-refractivity contribution in [1.82, 2.24) is 0 Å². The maximum Gasteiger partial charge on any atom is 0.412 e. The number of benzene rings is 1. The van der Waals surface area contributed by atoms with Gasteiger partial charge in [0.05, 0.1) is 0 Å². The molecule has 0 atom stereocenters. The van der Waals surface area contributed by atoms with Gasteiger partial charge in [-0.25, -0.2) is 9.59 Å². The highest BCUT2D eigenvalue weighted by molar-refractivity contribution is 9.09. The fourth-order valence-electron chi connectivity index (χ4n) is 1.04. The van der Waals surface area contributed by atoms with E-state index in [2.05, 4.69) is 52.0 Å². The van der Waals surface area contributed by atoms with Crippen LogP contribution in [-0.4, -0.2) is 23.2 Å². The zero-order chi connectivity index (χ0) is 13.4. The monoisotopic (exact) mass is 380 g/mol. The highest BCUT2D eigenvalue weighted by Crippen LogP contribution is 2.14. The van der Waals surface area contributed by atoms with E-state index in [9.17, 15) is 9.59 Å². The van der Waals surface area contributed by atoms with Gasteiger partial charge < -0.3 is 9.47 Å². The van der Waals surface area contributed by atoms with Gasteiger partial charge in [0.25, 0.3) is 0 Å². The lowest BCUT2D eigenvalue weighted by atomic mass is 10.3. The van der Waals surface area contributed by atoms with Crippen LogP contribution >= 0.6 is 31.9 Å². The second-order valence-corrected chi connectivity index (χ2v) is 3.82. The first-order valence-electron chi connectivity index (χ1n) is 4.75. The molecule has 98 valence electrons. The molecule has 0 aliphatic carbocycles. The Morgan fingerprint density at radius 2 is 1.22 bits per heavy atom. The standard InChI is InChI=1S/C10H10Br2N2O4/c11-5-17-9(15)13-7-1-2-8(4-3-7)14-10(16)18-6-12/h1-4H,5-6H2,(H,13,15)(H,14,16). The lowest BCUT2D eigenvalue weighted by molar-refractivity contribution is 0.182. The molecule has 18 heavy (non-hydrogen) atoms. The summed E-state index contributed by atoms with van der Waals surface area (Å²) in [6.45, 7) is 0. The number of carbonyl (C=O) groups excluding carboxylic acids is 2. The van der Waals surface area contributed by atoms with E-state index < -0.39 is 12.2 Å². The van der Waals surface area contributed by atoms with Crippen molar-refractivity contribution in [1.29, 1.82) is 0 Å². The van der Waals surface area contributed by atoms with Crippen LogP contribution in [0.3, 0.4) is 0 Å². The van der Waals surface area contributed by atoms with Gasteiger partial charge in [-0.2, -0.15) is 0 Å². The van der Waals surface area contributed by atoms with E-state index in [1.54, 1.807) is 24.3 Å². The minimum atomic E-state index is -0.564. The minimum Gasteiger partial charge on any atom is -0.438 e. The van der Waals surface area contributed by atoms with Crippen LogP contribution in [0.1, 0.15) is 0 Å². The molecule has 0 bridgehead atoms. The maximum atomic E-state index is 11.1. The Morgan fingerprint density at radius 1 is 0.889 bits per heavy atom. The lowest BCUT2D eigenvalue weighted by Gasteiger charge is -2.07. The van der Waals surface area contributed by atoms with Crippen LogP contribution in [0, 0.1) is 0 Å². The van der Waals surface area contributed by atoms with E-state index in [1.165, 1.54) is 0 Å². The highest BCUT2D eigenvalue weighted by Gasteiger charge is 2.04. The van der Waals surface area contributed by atoms with E-state index >= 15 is 0 Å². The van der Waals surface area contributed by atoms with Crippen LogP contribution in [-0.2, 0) is 9.47 Å². The van der Waals surface area contributed by atoms with Crippen molar-refractivity contribution in [2.75, 3.05) is 21.7 Å².